The lowest BCUT2D eigenvalue weighted by atomic mass is 9.90. The van der Waals surface area contributed by atoms with Crippen molar-refractivity contribution in [2.75, 3.05) is 6.61 Å². The second kappa shape index (κ2) is 5.79. The summed E-state index contributed by atoms with van der Waals surface area (Å²) in [6.45, 7) is 2.44. The molecule has 0 radical (unpaired) electrons. The van der Waals surface area contributed by atoms with Crippen LogP contribution >= 0.6 is 0 Å². The second-order valence-electron chi connectivity index (χ2n) is 3.63. The number of hydrogen-bond acceptors (Lipinski definition) is 2. The molecule has 0 atom stereocenters. The smallest absolute Gasteiger partial charge is 0.330 e. The molecule has 0 aromatic rings. The van der Waals surface area contributed by atoms with Gasteiger partial charge in [0.15, 0.2) is 0 Å². The molecule has 0 aromatic carbocycles. The van der Waals surface area contributed by atoms with E-state index < -0.39 is 0 Å². The van der Waals surface area contributed by atoms with Crippen molar-refractivity contribution >= 4 is 5.97 Å². The Morgan fingerprint density at radius 3 is 2.69 bits per heavy atom. The molecule has 0 unspecified atom stereocenters. The quantitative estimate of drug-likeness (QED) is 0.495. The molecule has 74 valence electrons. The molecule has 0 heterocycles. The highest BCUT2D eigenvalue weighted by Crippen LogP contribution is 2.23. The van der Waals surface area contributed by atoms with Crippen LogP contribution in [0.2, 0.25) is 0 Å². The largest absolute Gasteiger partial charge is 0.462 e. The van der Waals surface area contributed by atoms with Crippen LogP contribution in [0.5, 0.6) is 0 Å². The zero-order chi connectivity index (χ0) is 9.52. The summed E-state index contributed by atoms with van der Waals surface area (Å²) in [6, 6.07) is 0. The van der Waals surface area contributed by atoms with E-state index in [9.17, 15) is 4.79 Å². The van der Waals surface area contributed by atoms with Crippen molar-refractivity contribution in [2.24, 2.45) is 5.92 Å². The van der Waals surface area contributed by atoms with E-state index in [2.05, 4.69) is 0 Å². The Hall–Kier alpha value is -0.790. The van der Waals surface area contributed by atoms with Crippen LogP contribution in [0.15, 0.2) is 12.2 Å². The Morgan fingerprint density at radius 1 is 1.38 bits per heavy atom. The molecule has 1 rings (SSSR count). The highest BCUT2D eigenvalue weighted by molar-refractivity contribution is 5.81. The topological polar surface area (TPSA) is 26.3 Å². The summed E-state index contributed by atoms with van der Waals surface area (Å²) in [5.74, 6) is 0.413. The van der Waals surface area contributed by atoms with Crippen LogP contribution in [0.3, 0.4) is 0 Å². The van der Waals surface area contributed by atoms with E-state index in [-0.39, 0.29) is 5.97 Å². The van der Waals surface area contributed by atoms with E-state index in [1.54, 1.807) is 6.08 Å². The average molecular weight is 182 g/mol. The van der Waals surface area contributed by atoms with Gasteiger partial charge < -0.3 is 4.74 Å². The van der Waals surface area contributed by atoms with Gasteiger partial charge in [0.2, 0.25) is 0 Å². The first kappa shape index (κ1) is 10.3. The van der Waals surface area contributed by atoms with Crippen LogP contribution in [0.4, 0.5) is 0 Å². The van der Waals surface area contributed by atoms with E-state index in [1.807, 2.05) is 6.92 Å². The van der Waals surface area contributed by atoms with E-state index >= 15 is 0 Å². The first-order valence-electron chi connectivity index (χ1n) is 5.12. The molecule has 2 nitrogen and oxygen atoms in total. The standard InChI is InChI=1S/C11H18O2/c1-2-6-11(12)13-9-10-7-4-3-5-8-10/h2,6,10H,3-5,7-9H2,1H3. The fourth-order valence-corrected chi connectivity index (χ4v) is 1.74. The molecule has 0 aromatic heterocycles. The van der Waals surface area contributed by atoms with E-state index in [4.69, 9.17) is 4.74 Å². The summed E-state index contributed by atoms with van der Waals surface area (Å²) in [4.78, 5) is 11.0. The van der Waals surface area contributed by atoms with Crippen LogP contribution in [0, 0.1) is 5.92 Å². The fourth-order valence-electron chi connectivity index (χ4n) is 1.74. The summed E-state index contributed by atoms with van der Waals surface area (Å²) < 4.78 is 5.10. The Bertz CT molecular complexity index is 179. The van der Waals surface area contributed by atoms with Crippen LogP contribution in [-0.4, -0.2) is 12.6 Å². The maximum absolute atomic E-state index is 11.0. The highest BCUT2D eigenvalue weighted by atomic mass is 16.5. The molecule has 1 aliphatic rings. The summed E-state index contributed by atoms with van der Waals surface area (Å²) in [6.07, 6.45) is 9.58. The zero-order valence-electron chi connectivity index (χ0n) is 8.29. The molecule has 0 spiro atoms. The van der Waals surface area contributed by atoms with Gasteiger partial charge in [0.25, 0.3) is 0 Å². The molecule has 1 fully saturated rings. The number of carbonyl (C=O) groups excluding carboxylic acids is 1. The molecular formula is C11H18O2. The summed E-state index contributed by atoms with van der Waals surface area (Å²) in [7, 11) is 0. The lowest BCUT2D eigenvalue weighted by molar-refractivity contribution is -0.139. The van der Waals surface area contributed by atoms with Gasteiger partial charge in [0.1, 0.15) is 0 Å². The molecular weight excluding hydrogens is 164 g/mol. The molecule has 1 aliphatic carbocycles. The minimum atomic E-state index is -0.201. The summed E-state index contributed by atoms with van der Waals surface area (Å²) >= 11 is 0. The van der Waals surface area contributed by atoms with Crippen molar-refractivity contribution in [3.05, 3.63) is 12.2 Å². The van der Waals surface area contributed by atoms with Crippen LogP contribution in [0.25, 0.3) is 0 Å². The van der Waals surface area contributed by atoms with Gasteiger partial charge in [0.05, 0.1) is 6.61 Å². The van der Waals surface area contributed by atoms with Gasteiger partial charge in [-0.25, -0.2) is 4.79 Å². The molecule has 0 aliphatic heterocycles. The predicted octanol–water partition coefficient (Wildman–Crippen LogP) is 2.69. The number of esters is 1. The number of ether oxygens (including phenoxy) is 1. The van der Waals surface area contributed by atoms with Gasteiger partial charge >= 0.3 is 5.97 Å². The predicted molar refractivity (Wildman–Crippen MR) is 52.3 cm³/mol. The third-order valence-corrected chi connectivity index (χ3v) is 2.49. The van der Waals surface area contributed by atoms with Crippen LogP contribution in [0.1, 0.15) is 39.0 Å². The molecule has 1 saturated carbocycles. The van der Waals surface area contributed by atoms with Gasteiger partial charge in [-0.3, -0.25) is 0 Å². The Morgan fingerprint density at radius 2 is 2.08 bits per heavy atom. The minimum absolute atomic E-state index is 0.201. The Labute approximate surface area is 80.0 Å². The second-order valence-corrected chi connectivity index (χ2v) is 3.63. The summed E-state index contributed by atoms with van der Waals surface area (Å²) in [5.41, 5.74) is 0. The van der Waals surface area contributed by atoms with Gasteiger partial charge in [-0.2, -0.15) is 0 Å². The normalized spacial score (nSPS) is 19.2. The molecule has 0 N–H and O–H groups in total. The monoisotopic (exact) mass is 182 g/mol. The fraction of sp³-hybridized carbons (Fsp3) is 0.727. The Kier molecular flexibility index (Phi) is 4.58. The lowest BCUT2D eigenvalue weighted by Crippen LogP contribution is -2.15. The average Bonchev–Trinajstić information content (AvgIpc) is 2.17. The minimum Gasteiger partial charge on any atom is -0.462 e. The van der Waals surface area contributed by atoms with Gasteiger partial charge in [0, 0.05) is 6.08 Å². The third-order valence-electron chi connectivity index (χ3n) is 2.49. The highest BCUT2D eigenvalue weighted by Gasteiger charge is 2.14. The molecule has 0 amide bonds. The maximum Gasteiger partial charge on any atom is 0.330 e. The number of allylic oxidation sites excluding steroid dienone is 1. The van der Waals surface area contributed by atoms with Gasteiger partial charge in [-0.1, -0.05) is 25.3 Å². The first-order chi connectivity index (χ1) is 6.33. The maximum atomic E-state index is 11.0. The molecule has 13 heavy (non-hydrogen) atoms. The lowest BCUT2D eigenvalue weighted by Gasteiger charge is -2.20. The van der Waals surface area contributed by atoms with Crippen LogP contribution < -0.4 is 0 Å². The van der Waals surface area contributed by atoms with Crippen molar-refractivity contribution in [1.82, 2.24) is 0 Å². The van der Waals surface area contributed by atoms with Crippen molar-refractivity contribution in [2.45, 2.75) is 39.0 Å². The van der Waals surface area contributed by atoms with Crippen molar-refractivity contribution < 1.29 is 9.53 Å². The van der Waals surface area contributed by atoms with Crippen molar-refractivity contribution in [3.63, 3.8) is 0 Å². The van der Waals surface area contributed by atoms with Crippen molar-refractivity contribution in [1.29, 1.82) is 0 Å². The molecule has 0 bridgehead atoms. The van der Waals surface area contributed by atoms with E-state index in [0.717, 1.165) is 0 Å². The first-order valence-corrected chi connectivity index (χ1v) is 5.12. The number of rotatable bonds is 3. The third kappa shape index (κ3) is 4.11. The van der Waals surface area contributed by atoms with E-state index in [0.29, 0.717) is 12.5 Å². The molecule has 0 saturated heterocycles. The SMILES string of the molecule is CC=CC(=O)OCC1CCCCC1. The Balaban J connectivity index is 2.13. The van der Waals surface area contributed by atoms with Crippen molar-refractivity contribution in [3.8, 4) is 0 Å². The van der Waals surface area contributed by atoms with E-state index in [1.165, 1.54) is 38.2 Å². The number of hydrogen-bond donors (Lipinski definition) is 0. The molecule has 2 heteroatoms. The summed E-state index contributed by atoms with van der Waals surface area (Å²) in [5, 5.41) is 0. The van der Waals surface area contributed by atoms with Gasteiger partial charge in [-0.15, -0.1) is 0 Å². The van der Waals surface area contributed by atoms with Crippen LogP contribution in [-0.2, 0) is 9.53 Å². The number of carbonyl (C=O) groups is 1. The van der Waals surface area contributed by atoms with Gasteiger partial charge in [-0.05, 0) is 25.7 Å². The zero-order valence-corrected chi connectivity index (χ0v) is 8.29.